The molecule has 1 amide bonds. The molecule has 0 unspecified atom stereocenters. The minimum Gasteiger partial charge on any atom is -0.324 e. The summed E-state index contributed by atoms with van der Waals surface area (Å²) < 4.78 is 22.4. The molecule has 0 aliphatic heterocycles. The first-order chi connectivity index (χ1) is 10.4. The van der Waals surface area contributed by atoms with Gasteiger partial charge in [0, 0.05) is 6.04 Å². The van der Waals surface area contributed by atoms with Gasteiger partial charge in [0.15, 0.2) is 0 Å². The number of sulfonamides is 1. The number of hydrogen-bond acceptors (Lipinski definition) is 4. The predicted molar refractivity (Wildman–Crippen MR) is 86.3 cm³/mol. The minimum atomic E-state index is -3.80. The number of amides is 1. The first kappa shape index (κ1) is 17.2. The van der Waals surface area contributed by atoms with Gasteiger partial charge in [0.1, 0.15) is 0 Å². The molecule has 1 aliphatic carbocycles. The van der Waals surface area contributed by atoms with E-state index in [0.29, 0.717) is 11.7 Å². The molecule has 122 valence electrons. The number of hydrogen-bond donors (Lipinski definition) is 3. The van der Waals surface area contributed by atoms with E-state index >= 15 is 0 Å². The van der Waals surface area contributed by atoms with E-state index in [-0.39, 0.29) is 22.4 Å². The molecule has 0 spiro atoms. The molecular formula is C14H20ClN3O3S. The fraction of sp³-hybridized carbons (Fsp3) is 0.500. The number of halogens is 1. The summed E-state index contributed by atoms with van der Waals surface area (Å²) in [6, 6.07) is 4.35. The molecule has 1 aromatic rings. The van der Waals surface area contributed by atoms with Crippen LogP contribution in [0.15, 0.2) is 23.1 Å². The van der Waals surface area contributed by atoms with Crippen LogP contribution in [0.2, 0.25) is 5.02 Å². The lowest BCUT2D eigenvalue weighted by atomic mass is 9.95. The summed E-state index contributed by atoms with van der Waals surface area (Å²) >= 11 is 5.97. The van der Waals surface area contributed by atoms with Gasteiger partial charge in [-0.3, -0.25) is 4.79 Å². The Morgan fingerprint density at radius 1 is 1.27 bits per heavy atom. The van der Waals surface area contributed by atoms with Crippen molar-refractivity contribution in [1.82, 2.24) is 5.32 Å². The van der Waals surface area contributed by atoms with Crippen molar-refractivity contribution in [1.29, 1.82) is 0 Å². The van der Waals surface area contributed by atoms with E-state index in [9.17, 15) is 13.2 Å². The van der Waals surface area contributed by atoms with E-state index in [1.165, 1.54) is 37.5 Å². The van der Waals surface area contributed by atoms with Gasteiger partial charge in [-0.15, -0.1) is 0 Å². The molecule has 0 aromatic heterocycles. The van der Waals surface area contributed by atoms with Crippen LogP contribution in [-0.2, 0) is 14.8 Å². The number of nitrogens with one attached hydrogen (secondary N) is 2. The molecule has 22 heavy (non-hydrogen) atoms. The van der Waals surface area contributed by atoms with Crippen molar-refractivity contribution in [2.24, 2.45) is 5.14 Å². The van der Waals surface area contributed by atoms with Gasteiger partial charge >= 0.3 is 0 Å². The van der Waals surface area contributed by atoms with Crippen LogP contribution in [0.3, 0.4) is 0 Å². The summed E-state index contributed by atoms with van der Waals surface area (Å²) in [5.74, 6) is -0.212. The van der Waals surface area contributed by atoms with Crippen LogP contribution < -0.4 is 15.8 Å². The van der Waals surface area contributed by atoms with Gasteiger partial charge in [-0.05, 0) is 31.0 Å². The molecule has 0 bridgehead atoms. The standard InChI is InChI=1S/C14H20ClN3O3S/c15-12-8-11(22(16,20)21)6-7-13(12)18-14(19)9-17-10-4-2-1-3-5-10/h6-8,10,17H,1-5,9H2,(H,18,19)(H2,16,20,21). The number of benzene rings is 1. The Bertz CT molecular complexity index is 643. The predicted octanol–water partition coefficient (Wildman–Crippen LogP) is 1.85. The van der Waals surface area contributed by atoms with Crippen molar-refractivity contribution in [3.63, 3.8) is 0 Å². The SMILES string of the molecule is NS(=O)(=O)c1ccc(NC(=O)CNC2CCCCC2)c(Cl)c1. The van der Waals surface area contributed by atoms with Crippen LogP contribution in [-0.4, -0.2) is 26.9 Å². The molecule has 0 atom stereocenters. The molecule has 1 fully saturated rings. The normalized spacial score (nSPS) is 16.5. The molecular weight excluding hydrogens is 326 g/mol. The molecule has 0 saturated heterocycles. The topological polar surface area (TPSA) is 101 Å². The van der Waals surface area contributed by atoms with Crippen LogP contribution in [0.25, 0.3) is 0 Å². The molecule has 0 radical (unpaired) electrons. The molecule has 8 heteroatoms. The fourth-order valence-electron chi connectivity index (χ4n) is 2.51. The van der Waals surface area contributed by atoms with E-state index in [1.54, 1.807) is 0 Å². The van der Waals surface area contributed by atoms with E-state index in [1.807, 2.05) is 0 Å². The lowest BCUT2D eigenvalue weighted by molar-refractivity contribution is -0.115. The highest BCUT2D eigenvalue weighted by atomic mass is 35.5. The van der Waals surface area contributed by atoms with Gasteiger partial charge in [0.25, 0.3) is 0 Å². The molecule has 1 aliphatic rings. The molecule has 2 rings (SSSR count). The quantitative estimate of drug-likeness (QED) is 0.757. The van der Waals surface area contributed by atoms with Crippen molar-refractivity contribution < 1.29 is 13.2 Å². The van der Waals surface area contributed by atoms with Gasteiger partial charge in [-0.25, -0.2) is 13.6 Å². The highest BCUT2D eigenvalue weighted by Gasteiger charge is 2.15. The average Bonchev–Trinajstić information content (AvgIpc) is 2.47. The Labute approximate surface area is 135 Å². The van der Waals surface area contributed by atoms with Gasteiger partial charge in [0.2, 0.25) is 15.9 Å². The molecule has 1 saturated carbocycles. The summed E-state index contributed by atoms with van der Waals surface area (Å²) in [6.07, 6.45) is 5.84. The minimum absolute atomic E-state index is 0.0872. The summed E-state index contributed by atoms with van der Waals surface area (Å²) in [6.45, 7) is 0.206. The van der Waals surface area contributed by atoms with Gasteiger partial charge in [-0.2, -0.15) is 0 Å². The Hall–Kier alpha value is -1.15. The van der Waals surface area contributed by atoms with Crippen LogP contribution >= 0.6 is 11.6 Å². The third-order valence-electron chi connectivity index (χ3n) is 3.70. The Morgan fingerprint density at radius 2 is 1.95 bits per heavy atom. The van der Waals surface area contributed by atoms with Gasteiger partial charge < -0.3 is 10.6 Å². The highest BCUT2D eigenvalue weighted by molar-refractivity contribution is 7.89. The second-order valence-electron chi connectivity index (χ2n) is 5.45. The van der Waals surface area contributed by atoms with E-state index < -0.39 is 10.0 Å². The maximum atomic E-state index is 11.9. The van der Waals surface area contributed by atoms with Crippen LogP contribution in [0.1, 0.15) is 32.1 Å². The number of primary sulfonamides is 1. The second kappa shape index (κ2) is 7.41. The first-order valence-electron chi connectivity index (χ1n) is 7.22. The zero-order chi connectivity index (χ0) is 16.2. The number of rotatable bonds is 5. The molecule has 0 heterocycles. The van der Waals surface area contributed by atoms with E-state index in [2.05, 4.69) is 10.6 Å². The van der Waals surface area contributed by atoms with Crippen LogP contribution in [0, 0.1) is 0 Å². The molecule has 4 N–H and O–H groups in total. The zero-order valence-corrected chi connectivity index (χ0v) is 13.7. The number of anilines is 1. The monoisotopic (exact) mass is 345 g/mol. The number of carbonyl (C=O) groups excluding carboxylic acids is 1. The van der Waals surface area contributed by atoms with Crippen molar-refractivity contribution in [3.05, 3.63) is 23.2 Å². The number of nitrogens with two attached hydrogens (primary N) is 1. The smallest absolute Gasteiger partial charge is 0.238 e. The second-order valence-corrected chi connectivity index (χ2v) is 7.42. The molecule has 1 aromatic carbocycles. The summed E-state index contributed by atoms with van der Waals surface area (Å²) in [7, 11) is -3.80. The third-order valence-corrected chi connectivity index (χ3v) is 4.92. The maximum Gasteiger partial charge on any atom is 0.238 e. The highest BCUT2D eigenvalue weighted by Crippen LogP contribution is 2.24. The Morgan fingerprint density at radius 3 is 2.55 bits per heavy atom. The Kier molecular flexibility index (Phi) is 5.80. The van der Waals surface area contributed by atoms with E-state index in [4.69, 9.17) is 16.7 Å². The lowest BCUT2D eigenvalue weighted by Crippen LogP contribution is -2.37. The van der Waals surface area contributed by atoms with Crippen molar-refractivity contribution in [2.75, 3.05) is 11.9 Å². The Balaban J connectivity index is 1.91. The van der Waals surface area contributed by atoms with Crippen LogP contribution in [0.5, 0.6) is 0 Å². The zero-order valence-electron chi connectivity index (χ0n) is 12.1. The maximum absolute atomic E-state index is 11.9. The van der Waals surface area contributed by atoms with Crippen molar-refractivity contribution >= 4 is 33.2 Å². The van der Waals surface area contributed by atoms with Gasteiger partial charge in [0.05, 0.1) is 22.2 Å². The van der Waals surface area contributed by atoms with Gasteiger partial charge in [-0.1, -0.05) is 30.9 Å². The summed E-state index contributed by atoms with van der Waals surface area (Å²) in [5, 5.41) is 11.0. The van der Waals surface area contributed by atoms with Crippen molar-refractivity contribution in [2.45, 2.75) is 43.0 Å². The lowest BCUT2D eigenvalue weighted by Gasteiger charge is -2.22. The first-order valence-corrected chi connectivity index (χ1v) is 9.14. The van der Waals surface area contributed by atoms with E-state index in [0.717, 1.165) is 12.8 Å². The fourth-order valence-corrected chi connectivity index (χ4v) is 3.34. The van der Waals surface area contributed by atoms with Crippen LogP contribution in [0.4, 0.5) is 5.69 Å². The largest absolute Gasteiger partial charge is 0.324 e. The summed E-state index contributed by atoms with van der Waals surface area (Å²) in [4.78, 5) is 11.8. The number of carbonyl (C=O) groups is 1. The molecule has 6 nitrogen and oxygen atoms in total. The van der Waals surface area contributed by atoms with Crippen molar-refractivity contribution in [3.8, 4) is 0 Å². The summed E-state index contributed by atoms with van der Waals surface area (Å²) in [5.41, 5.74) is 0.365. The average molecular weight is 346 g/mol. The third kappa shape index (κ3) is 4.95.